The van der Waals surface area contributed by atoms with Gasteiger partial charge in [-0.05, 0) is 48.6 Å². The number of carbonyl (C=O) groups is 1. The van der Waals surface area contributed by atoms with Crippen molar-refractivity contribution in [2.45, 2.75) is 21.5 Å². The second-order valence-corrected chi connectivity index (χ2v) is 6.76. The number of benzene rings is 2. The van der Waals surface area contributed by atoms with Gasteiger partial charge in [-0.25, -0.2) is 0 Å². The molecule has 0 bridgehead atoms. The number of thioether (sulfide) groups is 2. The van der Waals surface area contributed by atoms with E-state index < -0.39 is 0 Å². The van der Waals surface area contributed by atoms with E-state index in [0.717, 1.165) is 12.1 Å². The van der Waals surface area contributed by atoms with Gasteiger partial charge in [0.2, 0.25) is 5.91 Å². The minimum absolute atomic E-state index is 0.0207. The molecule has 0 fully saturated rings. The van der Waals surface area contributed by atoms with Crippen LogP contribution in [-0.2, 0) is 11.2 Å². The smallest absolute Gasteiger partial charge is 0.238 e. The fraction of sp³-hybridized carbons (Fsp3) is 0.188. The molecule has 0 spiro atoms. The Morgan fingerprint density at radius 2 is 1.95 bits per heavy atom. The minimum Gasteiger partial charge on any atom is -0.325 e. The molecule has 102 valence electrons. The molecule has 4 heteroatoms. The lowest BCUT2D eigenvalue weighted by Crippen LogP contribution is -2.24. The van der Waals surface area contributed by atoms with E-state index in [1.807, 2.05) is 42.7 Å². The Bertz CT molecular complexity index is 600. The number of carbonyl (C=O) groups excluding carboxylic acids is 1. The normalized spacial score (nSPS) is 16.8. The highest BCUT2D eigenvalue weighted by molar-refractivity contribution is 8.01. The number of hydrogen-bond donors (Lipinski definition) is 1. The summed E-state index contributed by atoms with van der Waals surface area (Å²) in [6.45, 7) is 0. The Hall–Kier alpha value is -1.39. The van der Waals surface area contributed by atoms with Crippen molar-refractivity contribution >= 4 is 35.1 Å². The van der Waals surface area contributed by atoms with Crippen LogP contribution in [0.4, 0.5) is 5.69 Å². The molecule has 0 aromatic heterocycles. The lowest BCUT2D eigenvalue weighted by molar-refractivity contribution is -0.115. The van der Waals surface area contributed by atoms with Gasteiger partial charge >= 0.3 is 0 Å². The van der Waals surface area contributed by atoms with E-state index in [1.54, 1.807) is 23.5 Å². The molecule has 0 saturated heterocycles. The number of amides is 1. The van der Waals surface area contributed by atoms with Gasteiger partial charge in [0.25, 0.3) is 0 Å². The average molecular weight is 301 g/mol. The highest BCUT2D eigenvalue weighted by Crippen LogP contribution is 2.37. The van der Waals surface area contributed by atoms with Crippen LogP contribution < -0.4 is 5.32 Å². The monoisotopic (exact) mass is 301 g/mol. The molecule has 3 rings (SSSR count). The topological polar surface area (TPSA) is 29.1 Å². The predicted molar refractivity (Wildman–Crippen MR) is 86.6 cm³/mol. The van der Waals surface area contributed by atoms with Gasteiger partial charge in [-0.1, -0.05) is 18.2 Å². The van der Waals surface area contributed by atoms with Gasteiger partial charge in [-0.15, -0.1) is 23.5 Å². The van der Waals surface area contributed by atoms with Gasteiger partial charge in [-0.3, -0.25) is 4.79 Å². The van der Waals surface area contributed by atoms with Crippen molar-refractivity contribution in [3.05, 3.63) is 54.1 Å². The van der Waals surface area contributed by atoms with Gasteiger partial charge in [0.1, 0.15) is 0 Å². The summed E-state index contributed by atoms with van der Waals surface area (Å²) < 4.78 is 0. The molecule has 1 aliphatic rings. The maximum atomic E-state index is 12.3. The lowest BCUT2D eigenvalue weighted by atomic mass is 10.1. The highest BCUT2D eigenvalue weighted by Gasteiger charge is 2.27. The standard InChI is InChI=1S/C16H15NOS2/c1-19-13-8-6-12(7-9-13)17-16(18)15-10-11-4-2-3-5-14(11)20-15/h2-9,15H,10H2,1H3,(H,17,18). The van der Waals surface area contributed by atoms with Crippen molar-refractivity contribution in [2.24, 2.45) is 0 Å². The van der Waals surface area contributed by atoms with Crippen LogP contribution in [0.15, 0.2) is 58.3 Å². The largest absolute Gasteiger partial charge is 0.325 e. The van der Waals surface area contributed by atoms with Crippen molar-refractivity contribution in [3.63, 3.8) is 0 Å². The molecule has 0 aliphatic carbocycles. The van der Waals surface area contributed by atoms with Crippen molar-refractivity contribution in [1.29, 1.82) is 0 Å². The maximum Gasteiger partial charge on any atom is 0.238 e. The Morgan fingerprint density at radius 3 is 2.65 bits per heavy atom. The van der Waals surface area contributed by atoms with E-state index in [1.165, 1.54) is 15.4 Å². The Morgan fingerprint density at radius 1 is 1.20 bits per heavy atom. The van der Waals surface area contributed by atoms with Crippen LogP contribution in [0.5, 0.6) is 0 Å². The summed E-state index contributed by atoms with van der Waals surface area (Å²) >= 11 is 3.35. The summed E-state index contributed by atoms with van der Waals surface area (Å²) in [4.78, 5) is 14.7. The molecule has 0 radical (unpaired) electrons. The molecule has 1 N–H and O–H groups in total. The Kier molecular flexibility index (Phi) is 4.03. The first kappa shape index (κ1) is 13.6. The number of rotatable bonds is 3. The molecule has 1 heterocycles. The van der Waals surface area contributed by atoms with Crippen molar-refractivity contribution in [3.8, 4) is 0 Å². The van der Waals surface area contributed by atoms with Crippen LogP contribution in [0, 0.1) is 0 Å². The first-order valence-corrected chi connectivity index (χ1v) is 8.56. The van der Waals surface area contributed by atoms with Crippen molar-refractivity contribution < 1.29 is 4.79 Å². The van der Waals surface area contributed by atoms with Crippen molar-refractivity contribution in [1.82, 2.24) is 0 Å². The summed E-state index contributed by atoms with van der Waals surface area (Å²) in [7, 11) is 0. The SMILES string of the molecule is CSc1ccc(NC(=O)C2Cc3ccccc3S2)cc1. The summed E-state index contributed by atoms with van der Waals surface area (Å²) in [6, 6.07) is 16.2. The zero-order valence-corrected chi connectivity index (χ0v) is 12.8. The first-order chi connectivity index (χ1) is 9.76. The molecule has 1 amide bonds. The molecule has 2 aromatic rings. The molecule has 2 nitrogen and oxygen atoms in total. The molecule has 1 aliphatic heterocycles. The maximum absolute atomic E-state index is 12.3. The lowest BCUT2D eigenvalue weighted by Gasteiger charge is -2.10. The molecule has 2 aromatic carbocycles. The Labute approximate surface area is 127 Å². The fourth-order valence-corrected chi connectivity index (χ4v) is 3.83. The second-order valence-electron chi connectivity index (χ2n) is 4.64. The summed E-state index contributed by atoms with van der Waals surface area (Å²) in [5.41, 5.74) is 2.14. The summed E-state index contributed by atoms with van der Waals surface area (Å²) in [5.74, 6) is 0.0862. The molecule has 20 heavy (non-hydrogen) atoms. The predicted octanol–water partition coefficient (Wildman–Crippen LogP) is 4.06. The zero-order valence-electron chi connectivity index (χ0n) is 11.1. The number of fused-ring (bicyclic) bond motifs is 1. The molecule has 1 unspecified atom stereocenters. The van der Waals surface area contributed by atoms with Gasteiger partial charge in [-0.2, -0.15) is 0 Å². The molecular formula is C16H15NOS2. The molecule has 1 atom stereocenters. The van der Waals surface area contributed by atoms with Crippen LogP contribution in [0.3, 0.4) is 0 Å². The molecular weight excluding hydrogens is 286 g/mol. The Balaban J connectivity index is 1.66. The zero-order chi connectivity index (χ0) is 13.9. The van der Waals surface area contributed by atoms with E-state index >= 15 is 0 Å². The van der Waals surface area contributed by atoms with Gasteiger partial charge in [0.05, 0.1) is 5.25 Å². The van der Waals surface area contributed by atoms with Crippen LogP contribution in [0.25, 0.3) is 0 Å². The quantitative estimate of drug-likeness (QED) is 0.867. The van der Waals surface area contributed by atoms with Crippen LogP contribution in [0.2, 0.25) is 0 Å². The van der Waals surface area contributed by atoms with Gasteiger partial charge < -0.3 is 5.32 Å². The van der Waals surface area contributed by atoms with E-state index in [-0.39, 0.29) is 11.2 Å². The van der Waals surface area contributed by atoms with Crippen LogP contribution in [-0.4, -0.2) is 17.4 Å². The van der Waals surface area contributed by atoms with Crippen molar-refractivity contribution in [2.75, 3.05) is 11.6 Å². The van der Waals surface area contributed by atoms with Gasteiger partial charge in [0.15, 0.2) is 0 Å². The number of anilines is 1. The van der Waals surface area contributed by atoms with E-state index in [4.69, 9.17) is 0 Å². The number of hydrogen-bond acceptors (Lipinski definition) is 3. The van der Waals surface area contributed by atoms with E-state index in [2.05, 4.69) is 17.4 Å². The first-order valence-electron chi connectivity index (χ1n) is 6.46. The van der Waals surface area contributed by atoms with Crippen LogP contribution >= 0.6 is 23.5 Å². The second kappa shape index (κ2) is 5.94. The highest BCUT2D eigenvalue weighted by atomic mass is 32.2. The fourth-order valence-electron chi connectivity index (χ4n) is 2.23. The number of nitrogens with one attached hydrogen (secondary N) is 1. The summed E-state index contributed by atoms with van der Waals surface area (Å²) in [6.07, 6.45) is 2.86. The van der Waals surface area contributed by atoms with E-state index in [9.17, 15) is 4.79 Å². The van der Waals surface area contributed by atoms with Crippen LogP contribution in [0.1, 0.15) is 5.56 Å². The third-order valence-electron chi connectivity index (χ3n) is 3.30. The molecule has 0 saturated carbocycles. The average Bonchev–Trinajstić information content (AvgIpc) is 2.92. The minimum atomic E-state index is -0.0207. The summed E-state index contributed by atoms with van der Waals surface area (Å²) in [5, 5.41) is 2.98. The van der Waals surface area contributed by atoms with E-state index in [0.29, 0.717) is 0 Å². The van der Waals surface area contributed by atoms with Gasteiger partial charge in [0, 0.05) is 15.5 Å². The third kappa shape index (κ3) is 2.86. The third-order valence-corrected chi connectivity index (χ3v) is 5.36.